The Kier molecular flexibility index (Phi) is 3.19. The van der Waals surface area contributed by atoms with E-state index in [1.165, 1.54) is 0 Å². The lowest BCUT2D eigenvalue weighted by atomic mass is 9.78. The molecule has 0 saturated carbocycles. The largest absolute Gasteiger partial charge is 0.481 e. The Morgan fingerprint density at radius 1 is 1.50 bits per heavy atom. The van der Waals surface area contributed by atoms with Gasteiger partial charge in [-0.25, -0.2) is 14.4 Å². The lowest BCUT2D eigenvalue weighted by molar-refractivity contribution is -0.149. The van der Waals surface area contributed by atoms with Crippen molar-refractivity contribution < 1.29 is 14.3 Å². The summed E-state index contributed by atoms with van der Waals surface area (Å²) in [7, 11) is 0. The van der Waals surface area contributed by atoms with E-state index in [4.69, 9.17) is 0 Å². The molecule has 0 bridgehead atoms. The molecule has 0 spiro atoms. The summed E-state index contributed by atoms with van der Waals surface area (Å²) in [6.45, 7) is 4.75. The summed E-state index contributed by atoms with van der Waals surface area (Å²) in [5.41, 5.74) is -0.769. The van der Waals surface area contributed by atoms with E-state index in [2.05, 4.69) is 9.97 Å². The van der Waals surface area contributed by atoms with Gasteiger partial charge in [-0.05, 0) is 26.2 Å². The molecular weight excluding hydrogens is 237 g/mol. The predicted octanol–water partition coefficient (Wildman–Crippen LogP) is 1.55. The van der Waals surface area contributed by atoms with Gasteiger partial charge < -0.3 is 10.0 Å². The highest BCUT2D eigenvalue weighted by molar-refractivity contribution is 5.74. The number of hydrogen-bond acceptors (Lipinski definition) is 4. The molecule has 2 heterocycles. The molecule has 1 aliphatic heterocycles. The molecule has 98 valence electrons. The molecule has 1 atom stereocenters. The van der Waals surface area contributed by atoms with Crippen LogP contribution >= 0.6 is 0 Å². The van der Waals surface area contributed by atoms with Crippen molar-refractivity contribution >= 4 is 11.9 Å². The number of carboxylic acid groups (broad SMARTS) is 1. The molecule has 0 amide bonds. The van der Waals surface area contributed by atoms with E-state index in [0.717, 1.165) is 18.8 Å². The fourth-order valence-corrected chi connectivity index (χ4v) is 2.17. The van der Waals surface area contributed by atoms with Crippen molar-refractivity contribution in [1.29, 1.82) is 0 Å². The van der Waals surface area contributed by atoms with Crippen molar-refractivity contribution in [2.24, 2.45) is 11.3 Å². The summed E-state index contributed by atoms with van der Waals surface area (Å²) >= 11 is 0. The maximum absolute atomic E-state index is 12.7. The Morgan fingerprint density at radius 2 is 2.11 bits per heavy atom. The predicted molar refractivity (Wildman–Crippen MR) is 63.7 cm³/mol. The Balaban J connectivity index is 2.09. The van der Waals surface area contributed by atoms with Gasteiger partial charge in [0.2, 0.25) is 5.95 Å². The van der Waals surface area contributed by atoms with Crippen LogP contribution in [0.2, 0.25) is 0 Å². The monoisotopic (exact) mass is 253 g/mol. The molecule has 1 aromatic heterocycles. The van der Waals surface area contributed by atoms with Crippen molar-refractivity contribution in [3.8, 4) is 0 Å². The maximum atomic E-state index is 12.7. The van der Waals surface area contributed by atoms with Crippen LogP contribution in [0.1, 0.15) is 20.3 Å². The zero-order valence-corrected chi connectivity index (χ0v) is 10.4. The van der Waals surface area contributed by atoms with Gasteiger partial charge >= 0.3 is 5.97 Å². The number of anilines is 1. The average Bonchev–Trinajstić information content (AvgIpc) is 2.79. The summed E-state index contributed by atoms with van der Waals surface area (Å²) in [4.78, 5) is 20.9. The van der Waals surface area contributed by atoms with E-state index in [1.54, 1.807) is 13.8 Å². The van der Waals surface area contributed by atoms with Gasteiger partial charge in [0.15, 0.2) is 5.82 Å². The Morgan fingerprint density at radius 3 is 2.67 bits per heavy atom. The normalized spacial score (nSPS) is 20.2. The minimum absolute atomic E-state index is 0.0450. The van der Waals surface area contributed by atoms with Crippen LogP contribution in [0.4, 0.5) is 10.3 Å². The number of aliphatic carboxylic acids is 1. The second-order valence-corrected chi connectivity index (χ2v) is 5.16. The lowest BCUT2D eigenvalue weighted by Gasteiger charge is -2.26. The topological polar surface area (TPSA) is 66.3 Å². The van der Waals surface area contributed by atoms with E-state index < -0.39 is 17.2 Å². The van der Waals surface area contributed by atoms with Gasteiger partial charge in [-0.15, -0.1) is 0 Å². The van der Waals surface area contributed by atoms with Gasteiger partial charge in [0.05, 0.1) is 17.8 Å². The third-order valence-electron chi connectivity index (χ3n) is 3.65. The first kappa shape index (κ1) is 12.7. The molecule has 1 N–H and O–H groups in total. The summed E-state index contributed by atoms with van der Waals surface area (Å²) in [5.74, 6) is -0.765. The third kappa shape index (κ3) is 2.27. The quantitative estimate of drug-likeness (QED) is 0.885. The first-order chi connectivity index (χ1) is 8.41. The molecule has 6 heteroatoms. The van der Waals surface area contributed by atoms with E-state index in [-0.39, 0.29) is 5.92 Å². The third-order valence-corrected chi connectivity index (χ3v) is 3.65. The van der Waals surface area contributed by atoms with Crippen LogP contribution < -0.4 is 4.90 Å². The number of carbonyl (C=O) groups is 1. The number of carboxylic acids is 1. The van der Waals surface area contributed by atoms with Crippen LogP contribution in [-0.2, 0) is 4.79 Å². The standard InChI is InChI=1S/C12H16FN3O2/c1-12(2,10(17)18)8-3-4-16(7-8)11-14-5-9(13)6-15-11/h5-6,8H,3-4,7H2,1-2H3,(H,17,18). The van der Waals surface area contributed by atoms with Gasteiger partial charge in [-0.3, -0.25) is 4.79 Å². The number of rotatable bonds is 3. The zero-order chi connectivity index (χ0) is 13.3. The first-order valence-electron chi connectivity index (χ1n) is 5.87. The molecule has 1 saturated heterocycles. The summed E-state index contributed by atoms with van der Waals surface area (Å²) in [6, 6.07) is 0. The second-order valence-electron chi connectivity index (χ2n) is 5.16. The van der Waals surface area contributed by atoms with Crippen LogP contribution in [0, 0.1) is 17.2 Å². The van der Waals surface area contributed by atoms with Crippen molar-refractivity contribution in [1.82, 2.24) is 9.97 Å². The number of nitrogens with zero attached hydrogens (tertiary/aromatic N) is 3. The molecular formula is C12H16FN3O2. The number of hydrogen-bond donors (Lipinski definition) is 1. The second kappa shape index (κ2) is 4.51. The van der Waals surface area contributed by atoms with Crippen molar-refractivity contribution in [2.75, 3.05) is 18.0 Å². The minimum Gasteiger partial charge on any atom is -0.481 e. The van der Waals surface area contributed by atoms with Crippen LogP contribution in [-0.4, -0.2) is 34.1 Å². The molecule has 1 fully saturated rings. The fourth-order valence-electron chi connectivity index (χ4n) is 2.17. The van der Waals surface area contributed by atoms with E-state index in [0.29, 0.717) is 19.0 Å². The van der Waals surface area contributed by atoms with Crippen LogP contribution in [0.15, 0.2) is 12.4 Å². The van der Waals surface area contributed by atoms with Gasteiger partial charge in [-0.1, -0.05) is 0 Å². The maximum Gasteiger partial charge on any atom is 0.309 e. The molecule has 0 radical (unpaired) electrons. The highest BCUT2D eigenvalue weighted by Gasteiger charge is 2.41. The van der Waals surface area contributed by atoms with E-state index in [9.17, 15) is 14.3 Å². The lowest BCUT2D eigenvalue weighted by Crippen LogP contribution is -2.35. The van der Waals surface area contributed by atoms with Crippen molar-refractivity contribution in [3.63, 3.8) is 0 Å². The summed E-state index contributed by atoms with van der Waals surface area (Å²) in [5, 5.41) is 9.20. The highest BCUT2D eigenvalue weighted by atomic mass is 19.1. The summed E-state index contributed by atoms with van der Waals surface area (Å²) in [6.07, 6.45) is 3.02. The van der Waals surface area contributed by atoms with Gasteiger partial charge in [0.25, 0.3) is 0 Å². The fraction of sp³-hybridized carbons (Fsp3) is 0.583. The molecule has 5 nitrogen and oxygen atoms in total. The Bertz CT molecular complexity index is 447. The summed E-state index contributed by atoms with van der Waals surface area (Å²) < 4.78 is 12.7. The van der Waals surface area contributed by atoms with E-state index in [1.807, 2.05) is 4.90 Å². The smallest absolute Gasteiger partial charge is 0.309 e. The minimum atomic E-state index is -0.797. The molecule has 0 aliphatic carbocycles. The molecule has 1 aromatic rings. The van der Waals surface area contributed by atoms with E-state index >= 15 is 0 Å². The van der Waals surface area contributed by atoms with Crippen LogP contribution in [0.3, 0.4) is 0 Å². The van der Waals surface area contributed by atoms with Gasteiger partial charge in [-0.2, -0.15) is 0 Å². The average molecular weight is 253 g/mol. The molecule has 1 aliphatic rings. The van der Waals surface area contributed by atoms with Gasteiger partial charge in [0.1, 0.15) is 0 Å². The van der Waals surface area contributed by atoms with Crippen LogP contribution in [0.25, 0.3) is 0 Å². The zero-order valence-electron chi connectivity index (χ0n) is 10.4. The van der Waals surface area contributed by atoms with Crippen LogP contribution in [0.5, 0.6) is 0 Å². The highest BCUT2D eigenvalue weighted by Crippen LogP contribution is 2.35. The Labute approximate surface area is 105 Å². The first-order valence-corrected chi connectivity index (χ1v) is 5.87. The molecule has 1 unspecified atom stereocenters. The SMILES string of the molecule is CC(C)(C(=O)O)C1CCN(c2ncc(F)cn2)C1. The molecule has 0 aromatic carbocycles. The molecule has 18 heavy (non-hydrogen) atoms. The van der Waals surface area contributed by atoms with Crippen molar-refractivity contribution in [2.45, 2.75) is 20.3 Å². The number of aromatic nitrogens is 2. The van der Waals surface area contributed by atoms with Gasteiger partial charge in [0, 0.05) is 13.1 Å². The number of halogens is 1. The molecule has 2 rings (SSSR count). The Hall–Kier alpha value is -1.72. The van der Waals surface area contributed by atoms with Crippen molar-refractivity contribution in [3.05, 3.63) is 18.2 Å².